The third-order valence-electron chi connectivity index (χ3n) is 3.98. The van der Waals surface area contributed by atoms with Gasteiger partial charge in [-0.3, -0.25) is 4.79 Å². The molecular formula is C20H30O4. The highest BCUT2D eigenvalue weighted by atomic mass is 16.3. The highest BCUT2D eigenvalue weighted by Gasteiger charge is 2.23. The maximum Gasteiger partial charge on any atom is 0.142 e. The summed E-state index contributed by atoms with van der Waals surface area (Å²) in [6.45, 7) is 5.32. The molecule has 0 heterocycles. The van der Waals surface area contributed by atoms with Crippen molar-refractivity contribution in [1.82, 2.24) is 0 Å². The Labute approximate surface area is 145 Å². The first-order chi connectivity index (χ1) is 11.4. The average molecular weight is 334 g/mol. The molecule has 0 aromatic heterocycles. The monoisotopic (exact) mass is 334 g/mol. The van der Waals surface area contributed by atoms with Crippen LogP contribution in [0.1, 0.15) is 52.9 Å². The molecule has 0 aromatic rings. The van der Waals surface area contributed by atoms with Crippen molar-refractivity contribution in [2.75, 3.05) is 0 Å². The first-order valence-corrected chi connectivity index (χ1v) is 8.47. The normalized spacial score (nSPS) is 16.2. The maximum atomic E-state index is 11.1. The van der Waals surface area contributed by atoms with Gasteiger partial charge in [0, 0.05) is 12.3 Å². The highest BCUT2D eigenvalue weighted by Crippen LogP contribution is 2.20. The van der Waals surface area contributed by atoms with Crippen LogP contribution in [-0.2, 0) is 14.4 Å². The summed E-state index contributed by atoms with van der Waals surface area (Å²) in [5, 5.41) is 10.2. The van der Waals surface area contributed by atoms with E-state index >= 15 is 0 Å². The molecule has 0 saturated heterocycles. The van der Waals surface area contributed by atoms with Crippen molar-refractivity contribution in [1.29, 1.82) is 0 Å². The molecular weight excluding hydrogens is 304 g/mol. The van der Waals surface area contributed by atoms with Gasteiger partial charge in [0.05, 0.1) is 6.10 Å². The van der Waals surface area contributed by atoms with E-state index in [0.29, 0.717) is 19.3 Å². The lowest BCUT2D eigenvalue weighted by Crippen LogP contribution is -2.28. The van der Waals surface area contributed by atoms with Gasteiger partial charge in [0.15, 0.2) is 0 Å². The molecule has 0 fully saturated rings. The van der Waals surface area contributed by atoms with Crippen LogP contribution in [0.25, 0.3) is 0 Å². The SMILES string of the molecule is CC(=O)CCC(C=O)C(O)C(C)C/C=C/C=C/CC/C(C)=C/C=O. The van der Waals surface area contributed by atoms with Crippen LogP contribution in [0.15, 0.2) is 36.0 Å². The molecule has 3 unspecified atom stereocenters. The number of aldehydes is 2. The lowest BCUT2D eigenvalue weighted by molar-refractivity contribution is -0.119. The minimum atomic E-state index is -0.730. The number of carbonyl (C=O) groups is 3. The number of hydrogen-bond acceptors (Lipinski definition) is 4. The van der Waals surface area contributed by atoms with E-state index in [0.717, 1.165) is 31.0 Å². The van der Waals surface area contributed by atoms with Gasteiger partial charge < -0.3 is 14.7 Å². The van der Waals surface area contributed by atoms with Gasteiger partial charge in [0.2, 0.25) is 0 Å². The Hall–Kier alpha value is -1.81. The largest absolute Gasteiger partial charge is 0.392 e. The Kier molecular flexibility index (Phi) is 12.6. The summed E-state index contributed by atoms with van der Waals surface area (Å²) in [6, 6.07) is 0. The molecule has 0 bridgehead atoms. The minimum Gasteiger partial charge on any atom is -0.392 e. The number of aliphatic hydroxyl groups is 1. The Morgan fingerprint density at radius 1 is 1.08 bits per heavy atom. The third-order valence-corrected chi connectivity index (χ3v) is 3.98. The van der Waals surface area contributed by atoms with E-state index in [-0.39, 0.29) is 11.7 Å². The van der Waals surface area contributed by atoms with Crippen molar-refractivity contribution in [2.45, 2.75) is 59.0 Å². The predicted molar refractivity (Wildman–Crippen MR) is 96.6 cm³/mol. The molecule has 134 valence electrons. The van der Waals surface area contributed by atoms with E-state index in [1.807, 2.05) is 38.2 Å². The van der Waals surface area contributed by atoms with Gasteiger partial charge in [0.1, 0.15) is 18.4 Å². The maximum absolute atomic E-state index is 11.1. The number of ketones is 1. The zero-order valence-corrected chi connectivity index (χ0v) is 15.0. The van der Waals surface area contributed by atoms with Gasteiger partial charge in [-0.2, -0.15) is 0 Å². The van der Waals surface area contributed by atoms with Crippen LogP contribution < -0.4 is 0 Å². The molecule has 24 heavy (non-hydrogen) atoms. The zero-order chi connectivity index (χ0) is 18.4. The van der Waals surface area contributed by atoms with Gasteiger partial charge in [-0.15, -0.1) is 0 Å². The predicted octanol–water partition coefficient (Wildman–Crippen LogP) is 3.60. The molecule has 0 aliphatic rings. The van der Waals surface area contributed by atoms with Crippen LogP contribution in [0, 0.1) is 11.8 Å². The van der Waals surface area contributed by atoms with Crippen LogP contribution in [0.3, 0.4) is 0 Å². The van der Waals surface area contributed by atoms with Gasteiger partial charge in [-0.05, 0) is 51.5 Å². The van der Waals surface area contributed by atoms with Crippen LogP contribution in [0.5, 0.6) is 0 Å². The number of rotatable bonds is 13. The lowest BCUT2D eigenvalue weighted by Gasteiger charge is -2.22. The van der Waals surface area contributed by atoms with E-state index in [1.165, 1.54) is 6.92 Å². The molecule has 0 radical (unpaired) electrons. The first-order valence-electron chi connectivity index (χ1n) is 8.47. The lowest BCUT2D eigenvalue weighted by atomic mass is 9.87. The smallest absolute Gasteiger partial charge is 0.142 e. The molecule has 0 saturated carbocycles. The van der Waals surface area contributed by atoms with E-state index < -0.39 is 12.0 Å². The summed E-state index contributed by atoms with van der Waals surface area (Å²) >= 11 is 0. The standard InChI is InChI=1S/C20H30O4/c1-16(13-14-21)9-7-5-4-6-8-10-17(2)20(24)19(15-22)12-11-18(3)23/h4-6,8,13-15,17,19-20,24H,7,9-12H2,1-3H3/b5-4+,8-6+,16-13+. The average Bonchev–Trinajstić information content (AvgIpc) is 2.54. The fourth-order valence-electron chi connectivity index (χ4n) is 2.31. The summed E-state index contributed by atoms with van der Waals surface area (Å²) in [4.78, 5) is 32.4. The summed E-state index contributed by atoms with van der Waals surface area (Å²) in [6.07, 6.45) is 13.4. The Bertz CT molecular complexity index is 474. The molecule has 0 spiro atoms. The molecule has 0 rings (SSSR count). The molecule has 3 atom stereocenters. The summed E-state index contributed by atoms with van der Waals surface area (Å²) in [7, 11) is 0. The van der Waals surface area contributed by atoms with Crippen LogP contribution in [-0.4, -0.2) is 29.6 Å². The number of Topliss-reactive ketones (excluding diaryl/α,β-unsaturated/α-hetero) is 1. The molecule has 0 aliphatic carbocycles. The van der Waals surface area contributed by atoms with E-state index in [2.05, 4.69) is 0 Å². The summed E-state index contributed by atoms with van der Waals surface area (Å²) in [5.41, 5.74) is 1.06. The molecule has 0 amide bonds. The second kappa shape index (κ2) is 13.6. The second-order valence-corrected chi connectivity index (χ2v) is 6.29. The molecule has 1 N–H and O–H groups in total. The summed E-state index contributed by atoms with van der Waals surface area (Å²) in [5.74, 6) is -0.500. The topological polar surface area (TPSA) is 71.4 Å². The van der Waals surface area contributed by atoms with Crippen molar-refractivity contribution in [3.8, 4) is 0 Å². The Balaban J connectivity index is 4.18. The number of carbonyl (C=O) groups excluding carboxylic acids is 3. The second-order valence-electron chi connectivity index (χ2n) is 6.29. The number of hydrogen-bond donors (Lipinski definition) is 1. The van der Waals surface area contributed by atoms with Crippen LogP contribution >= 0.6 is 0 Å². The van der Waals surface area contributed by atoms with Crippen molar-refractivity contribution in [2.24, 2.45) is 11.8 Å². The fraction of sp³-hybridized carbons (Fsp3) is 0.550. The van der Waals surface area contributed by atoms with Gasteiger partial charge in [-0.1, -0.05) is 36.8 Å². The third kappa shape index (κ3) is 10.8. The number of allylic oxidation sites excluding steroid dienone is 6. The molecule has 4 nitrogen and oxygen atoms in total. The number of aliphatic hydroxyl groups excluding tert-OH is 1. The molecule has 4 heteroatoms. The fourth-order valence-corrected chi connectivity index (χ4v) is 2.31. The van der Waals surface area contributed by atoms with Gasteiger partial charge >= 0.3 is 0 Å². The Morgan fingerprint density at radius 3 is 2.33 bits per heavy atom. The molecule has 0 aliphatic heterocycles. The first kappa shape index (κ1) is 22.2. The quantitative estimate of drug-likeness (QED) is 0.317. The van der Waals surface area contributed by atoms with Crippen molar-refractivity contribution in [3.63, 3.8) is 0 Å². The van der Waals surface area contributed by atoms with E-state index in [1.54, 1.807) is 6.08 Å². The van der Waals surface area contributed by atoms with Crippen molar-refractivity contribution in [3.05, 3.63) is 36.0 Å². The molecule has 0 aromatic carbocycles. The van der Waals surface area contributed by atoms with Gasteiger partial charge in [-0.25, -0.2) is 0 Å². The summed E-state index contributed by atoms with van der Waals surface area (Å²) < 4.78 is 0. The van der Waals surface area contributed by atoms with E-state index in [4.69, 9.17) is 0 Å². The van der Waals surface area contributed by atoms with Crippen molar-refractivity contribution < 1.29 is 19.5 Å². The van der Waals surface area contributed by atoms with Crippen LogP contribution in [0.4, 0.5) is 0 Å². The zero-order valence-electron chi connectivity index (χ0n) is 15.0. The van der Waals surface area contributed by atoms with E-state index in [9.17, 15) is 19.5 Å². The highest BCUT2D eigenvalue weighted by molar-refractivity contribution is 5.75. The van der Waals surface area contributed by atoms with Crippen LogP contribution in [0.2, 0.25) is 0 Å². The van der Waals surface area contributed by atoms with Gasteiger partial charge in [0.25, 0.3) is 0 Å². The minimum absolute atomic E-state index is 0.0324. The van der Waals surface area contributed by atoms with Crippen molar-refractivity contribution >= 4 is 18.4 Å². The Morgan fingerprint density at radius 2 is 1.75 bits per heavy atom.